The van der Waals surface area contributed by atoms with Gasteiger partial charge in [0.25, 0.3) is 0 Å². The minimum absolute atomic E-state index is 0.0192. The Bertz CT molecular complexity index is 1180. The Hall–Kier alpha value is -3.18. The highest BCUT2D eigenvalue weighted by atomic mass is 32.2. The molecule has 0 bridgehead atoms. The number of aryl methyl sites for hydroxylation is 1. The summed E-state index contributed by atoms with van der Waals surface area (Å²) >= 11 is 0. The Morgan fingerprint density at radius 3 is 2.63 bits per heavy atom. The summed E-state index contributed by atoms with van der Waals surface area (Å²) in [5.74, 6) is 0.236. The third-order valence-electron chi connectivity index (χ3n) is 4.47. The number of sulfonamides is 1. The van der Waals surface area contributed by atoms with Crippen LogP contribution in [0.25, 0.3) is 17.1 Å². The molecular formula is C19H23N7O3S. The predicted octanol–water partition coefficient (Wildman–Crippen LogP) is 1.51. The van der Waals surface area contributed by atoms with Crippen LogP contribution in [0.3, 0.4) is 0 Å². The SMILES string of the molecule is Cc1ccc(S(=O)(=O)NCC(=O)C(C)(C)C)cc1-c1cnc(N)c(-n2cncn2)n1. The van der Waals surface area contributed by atoms with Gasteiger partial charge in [-0.05, 0) is 24.6 Å². The fourth-order valence-corrected chi connectivity index (χ4v) is 3.57. The van der Waals surface area contributed by atoms with Gasteiger partial charge in [0.05, 0.1) is 23.3 Å². The topological polar surface area (TPSA) is 146 Å². The minimum Gasteiger partial charge on any atom is -0.381 e. The molecule has 10 nitrogen and oxygen atoms in total. The van der Waals surface area contributed by atoms with Crippen molar-refractivity contribution in [2.75, 3.05) is 12.3 Å². The number of nitrogens with zero attached hydrogens (tertiary/aromatic N) is 5. The summed E-state index contributed by atoms with van der Waals surface area (Å²) in [5, 5.41) is 4.01. The number of rotatable bonds is 6. The molecule has 0 fully saturated rings. The van der Waals surface area contributed by atoms with E-state index in [1.165, 1.54) is 35.7 Å². The first-order valence-electron chi connectivity index (χ1n) is 9.10. The van der Waals surface area contributed by atoms with Gasteiger partial charge in [0.2, 0.25) is 10.0 Å². The van der Waals surface area contributed by atoms with E-state index in [0.29, 0.717) is 11.3 Å². The lowest BCUT2D eigenvalue weighted by atomic mass is 9.91. The van der Waals surface area contributed by atoms with Crippen molar-refractivity contribution in [2.24, 2.45) is 5.41 Å². The van der Waals surface area contributed by atoms with E-state index in [1.54, 1.807) is 26.8 Å². The predicted molar refractivity (Wildman–Crippen MR) is 111 cm³/mol. The molecule has 0 amide bonds. The maximum absolute atomic E-state index is 12.7. The van der Waals surface area contributed by atoms with Gasteiger partial charge in [-0.2, -0.15) is 9.78 Å². The van der Waals surface area contributed by atoms with E-state index in [4.69, 9.17) is 5.73 Å². The lowest BCUT2D eigenvalue weighted by molar-refractivity contribution is -0.125. The molecule has 3 aromatic rings. The Kier molecular flexibility index (Phi) is 5.68. The van der Waals surface area contributed by atoms with Crippen molar-refractivity contribution in [2.45, 2.75) is 32.6 Å². The molecule has 0 aliphatic rings. The molecular weight excluding hydrogens is 406 g/mol. The fraction of sp³-hybridized carbons (Fsp3) is 0.316. The number of carbonyl (C=O) groups is 1. The normalized spacial score (nSPS) is 12.1. The smallest absolute Gasteiger partial charge is 0.240 e. The molecule has 2 aromatic heterocycles. The van der Waals surface area contributed by atoms with Crippen LogP contribution in [0.1, 0.15) is 26.3 Å². The van der Waals surface area contributed by atoms with Crippen LogP contribution in [0, 0.1) is 12.3 Å². The van der Waals surface area contributed by atoms with Gasteiger partial charge >= 0.3 is 0 Å². The zero-order valence-electron chi connectivity index (χ0n) is 17.1. The van der Waals surface area contributed by atoms with Gasteiger partial charge < -0.3 is 5.73 Å². The second-order valence-corrected chi connectivity index (χ2v) is 9.55. The quantitative estimate of drug-likeness (QED) is 0.599. The molecule has 1 aromatic carbocycles. The first-order chi connectivity index (χ1) is 14.0. The van der Waals surface area contributed by atoms with E-state index in [1.807, 2.05) is 6.92 Å². The summed E-state index contributed by atoms with van der Waals surface area (Å²) in [4.78, 5) is 24.6. The number of aromatic nitrogens is 5. The van der Waals surface area contributed by atoms with Gasteiger partial charge in [-0.15, -0.1) is 0 Å². The highest BCUT2D eigenvalue weighted by Gasteiger charge is 2.24. The number of Topliss-reactive ketones (excluding diaryl/α,β-unsaturated/α-hetero) is 1. The van der Waals surface area contributed by atoms with Crippen molar-refractivity contribution < 1.29 is 13.2 Å². The van der Waals surface area contributed by atoms with Crippen LogP contribution in [0.4, 0.5) is 5.82 Å². The number of hydrogen-bond donors (Lipinski definition) is 2. The number of carbonyl (C=O) groups excluding carboxylic acids is 1. The molecule has 0 atom stereocenters. The molecule has 158 valence electrons. The molecule has 3 N–H and O–H groups in total. The maximum Gasteiger partial charge on any atom is 0.240 e. The van der Waals surface area contributed by atoms with Crippen molar-refractivity contribution in [1.82, 2.24) is 29.5 Å². The molecule has 11 heteroatoms. The van der Waals surface area contributed by atoms with E-state index >= 15 is 0 Å². The Labute approximate surface area is 174 Å². The van der Waals surface area contributed by atoms with Crippen LogP contribution in [0.15, 0.2) is 41.9 Å². The number of nitrogen functional groups attached to an aromatic ring is 1. The molecule has 2 heterocycles. The number of hydrogen-bond acceptors (Lipinski definition) is 8. The Morgan fingerprint density at radius 1 is 1.27 bits per heavy atom. The second kappa shape index (κ2) is 7.92. The summed E-state index contributed by atoms with van der Waals surface area (Å²) in [5.41, 5.74) is 7.04. The van der Waals surface area contributed by atoms with Crippen LogP contribution in [-0.4, -0.2) is 45.5 Å². The van der Waals surface area contributed by atoms with Gasteiger partial charge in [0.15, 0.2) is 17.4 Å². The molecule has 0 aliphatic heterocycles. The first kappa shape index (κ1) is 21.5. The van der Waals surface area contributed by atoms with Gasteiger partial charge in [-0.25, -0.2) is 28.1 Å². The second-order valence-electron chi connectivity index (χ2n) is 7.78. The lowest BCUT2D eigenvalue weighted by Crippen LogP contribution is -2.35. The zero-order chi connectivity index (χ0) is 22.1. The average molecular weight is 430 g/mol. The highest BCUT2D eigenvalue weighted by molar-refractivity contribution is 7.89. The molecule has 0 saturated carbocycles. The minimum atomic E-state index is -3.90. The number of ketones is 1. The molecule has 0 aliphatic carbocycles. The summed E-state index contributed by atoms with van der Waals surface area (Å²) < 4.78 is 29.2. The van der Waals surface area contributed by atoms with Crippen LogP contribution >= 0.6 is 0 Å². The zero-order valence-corrected chi connectivity index (χ0v) is 17.9. The number of benzene rings is 1. The van der Waals surface area contributed by atoms with Gasteiger partial charge in [-0.1, -0.05) is 26.8 Å². The first-order valence-corrected chi connectivity index (χ1v) is 10.6. The Balaban J connectivity index is 1.96. The number of nitrogens with two attached hydrogens (primary N) is 1. The van der Waals surface area contributed by atoms with Crippen LogP contribution < -0.4 is 10.5 Å². The lowest BCUT2D eigenvalue weighted by Gasteiger charge is -2.17. The van der Waals surface area contributed by atoms with Gasteiger partial charge in [-0.3, -0.25) is 4.79 Å². The summed E-state index contributed by atoms with van der Waals surface area (Å²) in [6.07, 6.45) is 4.25. The van der Waals surface area contributed by atoms with Crippen molar-refractivity contribution in [3.63, 3.8) is 0 Å². The maximum atomic E-state index is 12.7. The molecule has 0 radical (unpaired) electrons. The number of anilines is 1. The monoisotopic (exact) mass is 429 g/mol. The van der Waals surface area contributed by atoms with E-state index in [-0.39, 0.29) is 28.9 Å². The summed E-state index contributed by atoms with van der Waals surface area (Å²) in [6.45, 7) is 6.75. The van der Waals surface area contributed by atoms with E-state index in [0.717, 1.165) is 5.56 Å². The van der Waals surface area contributed by atoms with E-state index in [2.05, 4.69) is 24.8 Å². The average Bonchev–Trinajstić information content (AvgIpc) is 3.20. The van der Waals surface area contributed by atoms with Crippen LogP contribution in [0.2, 0.25) is 0 Å². The molecule has 30 heavy (non-hydrogen) atoms. The third-order valence-corrected chi connectivity index (χ3v) is 5.87. The van der Waals surface area contributed by atoms with E-state index in [9.17, 15) is 13.2 Å². The van der Waals surface area contributed by atoms with Crippen molar-refractivity contribution >= 4 is 21.6 Å². The van der Waals surface area contributed by atoms with Gasteiger partial charge in [0.1, 0.15) is 12.7 Å². The molecule has 0 spiro atoms. The highest BCUT2D eigenvalue weighted by Crippen LogP contribution is 2.26. The Morgan fingerprint density at radius 2 is 2.00 bits per heavy atom. The number of nitrogens with one attached hydrogen (secondary N) is 1. The summed E-state index contributed by atoms with van der Waals surface area (Å²) in [6, 6.07) is 4.64. The van der Waals surface area contributed by atoms with Gasteiger partial charge in [0, 0.05) is 11.0 Å². The van der Waals surface area contributed by atoms with Crippen LogP contribution in [0.5, 0.6) is 0 Å². The van der Waals surface area contributed by atoms with E-state index < -0.39 is 15.4 Å². The van der Waals surface area contributed by atoms with Crippen molar-refractivity contribution in [3.05, 3.63) is 42.6 Å². The third kappa shape index (κ3) is 4.52. The van der Waals surface area contributed by atoms with Crippen LogP contribution in [-0.2, 0) is 14.8 Å². The molecule has 0 unspecified atom stereocenters. The standard InChI is InChI=1S/C19H23N7O3S/c1-12-5-6-13(30(28,29)24-9-16(27)19(2,3)4)7-14(12)15-8-22-17(20)18(25-15)26-11-21-10-23-26/h5-8,10-11,24H,9H2,1-4H3,(H2,20,22). The van der Waals surface area contributed by atoms with Crippen molar-refractivity contribution in [3.8, 4) is 17.1 Å². The molecule has 0 saturated heterocycles. The van der Waals surface area contributed by atoms with Crippen molar-refractivity contribution in [1.29, 1.82) is 0 Å². The fourth-order valence-electron chi connectivity index (χ4n) is 2.56. The molecule has 3 rings (SSSR count). The summed E-state index contributed by atoms with van der Waals surface area (Å²) in [7, 11) is -3.90. The largest absolute Gasteiger partial charge is 0.381 e.